The van der Waals surface area contributed by atoms with Gasteiger partial charge < -0.3 is 15.0 Å². The van der Waals surface area contributed by atoms with E-state index >= 15 is 0 Å². The number of aromatic amines is 1. The molecule has 0 fully saturated rings. The van der Waals surface area contributed by atoms with Gasteiger partial charge in [-0.15, -0.1) is 0 Å². The first-order chi connectivity index (χ1) is 12.0. The average Bonchev–Trinajstić information content (AvgIpc) is 2.63. The summed E-state index contributed by atoms with van der Waals surface area (Å²) in [6.45, 7) is 1.91. The zero-order valence-corrected chi connectivity index (χ0v) is 14.4. The number of hydrogen-bond donors (Lipinski definition) is 2. The predicted molar refractivity (Wildman–Crippen MR) is 97.2 cm³/mol. The summed E-state index contributed by atoms with van der Waals surface area (Å²) in [5, 5.41) is 4.25. The molecule has 0 aliphatic heterocycles. The van der Waals surface area contributed by atoms with E-state index in [4.69, 9.17) is 16.3 Å². The van der Waals surface area contributed by atoms with E-state index in [1.165, 1.54) is 7.11 Å². The lowest BCUT2D eigenvalue weighted by atomic mass is 10.1. The number of carbonyl (C=O) groups excluding carboxylic acids is 1. The monoisotopic (exact) mass is 357 g/mol. The van der Waals surface area contributed by atoms with Gasteiger partial charge in [0.05, 0.1) is 29.4 Å². The van der Waals surface area contributed by atoms with Crippen LogP contribution in [-0.4, -0.2) is 23.0 Å². The van der Waals surface area contributed by atoms with Gasteiger partial charge in [-0.3, -0.25) is 9.78 Å². The highest BCUT2D eigenvalue weighted by Crippen LogP contribution is 2.31. The second kappa shape index (κ2) is 6.94. The molecule has 3 rings (SSSR count). The van der Waals surface area contributed by atoms with E-state index in [-0.39, 0.29) is 11.6 Å². The van der Waals surface area contributed by atoms with Crippen LogP contribution in [0.15, 0.2) is 47.5 Å². The van der Waals surface area contributed by atoms with Gasteiger partial charge in [0.25, 0.3) is 5.56 Å². The highest BCUT2D eigenvalue weighted by molar-refractivity contribution is 6.35. The molecular weight excluding hydrogens is 342 g/mol. The van der Waals surface area contributed by atoms with Gasteiger partial charge in [-0.05, 0) is 24.6 Å². The van der Waals surface area contributed by atoms with Gasteiger partial charge in [0, 0.05) is 17.8 Å². The van der Waals surface area contributed by atoms with E-state index < -0.39 is 11.5 Å². The zero-order chi connectivity index (χ0) is 18.0. The number of aromatic nitrogens is 2. The Balaban J connectivity index is 2.21. The largest absolute Gasteiger partial charge is 0.465 e. The second-order valence-electron chi connectivity index (χ2n) is 5.51. The third-order valence-corrected chi connectivity index (χ3v) is 4.25. The van der Waals surface area contributed by atoms with Crippen molar-refractivity contribution in [2.24, 2.45) is 0 Å². The highest BCUT2D eigenvalue weighted by Gasteiger charge is 2.22. The molecule has 0 saturated heterocycles. The minimum absolute atomic E-state index is 0.0898. The number of hydrogen-bond acceptors (Lipinski definition) is 5. The molecule has 6 nitrogen and oxygen atoms in total. The van der Waals surface area contributed by atoms with Crippen LogP contribution >= 0.6 is 11.6 Å². The van der Waals surface area contributed by atoms with Crippen molar-refractivity contribution in [1.82, 2.24) is 9.97 Å². The van der Waals surface area contributed by atoms with Gasteiger partial charge in [-0.2, -0.15) is 0 Å². The fraction of sp³-hybridized carbons (Fsp3) is 0.167. The number of carbonyl (C=O) groups is 1. The molecule has 2 aromatic heterocycles. The van der Waals surface area contributed by atoms with Crippen LogP contribution in [0.25, 0.3) is 10.9 Å². The van der Waals surface area contributed by atoms with Crippen molar-refractivity contribution in [3.8, 4) is 0 Å². The molecule has 0 unspecified atom stereocenters. The van der Waals surface area contributed by atoms with Crippen molar-refractivity contribution in [2.75, 3.05) is 12.4 Å². The molecule has 1 atom stereocenters. The number of nitrogens with one attached hydrogen (secondary N) is 2. The van der Waals surface area contributed by atoms with Crippen LogP contribution in [-0.2, 0) is 4.74 Å². The number of fused-ring (bicyclic) bond motifs is 1. The first kappa shape index (κ1) is 17.0. The smallest absolute Gasteiger partial charge is 0.345 e. The van der Waals surface area contributed by atoms with Crippen LogP contribution < -0.4 is 10.9 Å². The lowest BCUT2D eigenvalue weighted by molar-refractivity contribution is 0.0600. The SMILES string of the molecule is COC(=O)c1c(N[C@H](C)c2cccnc2)c2cccc(Cl)c2[nH]c1=O. The van der Waals surface area contributed by atoms with Crippen molar-refractivity contribution < 1.29 is 9.53 Å². The number of methoxy groups -OCH3 is 1. The maximum absolute atomic E-state index is 12.5. The zero-order valence-electron chi connectivity index (χ0n) is 13.7. The molecule has 25 heavy (non-hydrogen) atoms. The summed E-state index contributed by atoms with van der Waals surface area (Å²) in [5.74, 6) is -0.719. The number of benzene rings is 1. The van der Waals surface area contributed by atoms with Crippen molar-refractivity contribution in [2.45, 2.75) is 13.0 Å². The first-order valence-corrected chi connectivity index (χ1v) is 8.00. The standard InChI is InChI=1S/C18H16ClN3O3/c1-10(11-5-4-8-20-9-11)21-16-12-6-3-7-13(19)15(12)22-17(23)14(16)18(24)25-2/h3-10H,1-2H3,(H2,21,22,23)/t10-/m1/s1. The normalized spacial score (nSPS) is 12.0. The third kappa shape index (κ3) is 3.21. The first-order valence-electron chi connectivity index (χ1n) is 7.62. The van der Waals surface area contributed by atoms with Gasteiger partial charge in [0.15, 0.2) is 0 Å². The Bertz CT molecular complexity index is 986. The molecule has 3 aromatic rings. The fourth-order valence-electron chi connectivity index (χ4n) is 2.66. The molecule has 0 aliphatic carbocycles. The summed E-state index contributed by atoms with van der Waals surface area (Å²) in [6, 6.07) is 8.74. The molecule has 1 aromatic carbocycles. The molecule has 0 radical (unpaired) electrons. The number of halogens is 1. The number of para-hydroxylation sites is 1. The molecule has 2 N–H and O–H groups in total. The Hall–Kier alpha value is -2.86. The minimum Gasteiger partial charge on any atom is -0.465 e. The van der Waals surface area contributed by atoms with Crippen molar-refractivity contribution in [3.05, 3.63) is 69.2 Å². The summed E-state index contributed by atoms with van der Waals surface area (Å²) < 4.78 is 4.78. The lowest BCUT2D eigenvalue weighted by Crippen LogP contribution is -2.23. The Morgan fingerprint density at radius 1 is 1.32 bits per heavy atom. The second-order valence-corrected chi connectivity index (χ2v) is 5.92. The van der Waals surface area contributed by atoms with Crippen LogP contribution in [0, 0.1) is 0 Å². The molecule has 128 valence electrons. The van der Waals surface area contributed by atoms with E-state index in [2.05, 4.69) is 15.3 Å². The van der Waals surface area contributed by atoms with Gasteiger partial charge >= 0.3 is 5.97 Å². The van der Waals surface area contributed by atoms with Crippen molar-refractivity contribution in [3.63, 3.8) is 0 Å². The molecule has 0 bridgehead atoms. The molecule has 0 amide bonds. The van der Waals surface area contributed by atoms with Crippen LogP contribution in [0.5, 0.6) is 0 Å². The quantitative estimate of drug-likeness (QED) is 0.698. The van der Waals surface area contributed by atoms with Crippen LogP contribution in [0.2, 0.25) is 5.02 Å². The number of rotatable bonds is 4. The Kier molecular flexibility index (Phi) is 4.72. The number of esters is 1. The van der Waals surface area contributed by atoms with Crippen LogP contribution in [0.1, 0.15) is 28.9 Å². The number of nitrogens with zero attached hydrogens (tertiary/aromatic N) is 1. The molecule has 0 aliphatic rings. The van der Waals surface area contributed by atoms with E-state index in [1.807, 2.05) is 19.1 Å². The Morgan fingerprint density at radius 3 is 2.80 bits per heavy atom. The summed E-state index contributed by atoms with van der Waals surface area (Å²) in [5.41, 5.74) is 1.10. The van der Waals surface area contributed by atoms with Crippen molar-refractivity contribution in [1.29, 1.82) is 0 Å². The predicted octanol–water partition coefficient (Wildman–Crippen LogP) is 3.54. The Morgan fingerprint density at radius 2 is 2.12 bits per heavy atom. The molecular formula is C18H16ClN3O3. The van der Waals surface area contributed by atoms with E-state index in [1.54, 1.807) is 30.6 Å². The molecule has 0 saturated carbocycles. The molecule has 7 heteroatoms. The molecule has 0 spiro atoms. The van der Waals surface area contributed by atoms with Gasteiger partial charge in [0.2, 0.25) is 0 Å². The van der Waals surface area contributed by atoms with E-state index in [0.717, 1.165) is 5.56 Å². The van der Waals surface area contributed by atoms with Gasteiger partial charge in [-0.25, -0.2) is 4.79 Å². The fourth-order valence-corrected chi connectivity index (χ4v) is 2.88. The van der Waals surface area contributed by atoms with E-state index in [0.29, 0.717) is 21.6 Å². The van der Waals surface area contributed by atoms with Crippen molar-refractivity contribution >= 4 is 34.2 Å². The number of ether oxygens (including phenoxy) is 1. The highest BCUT2D eigenvalue weighted by atomic mass is 35.5. The number of pyridine rings is 2. The third-order valence-electron chi connectivity index (χ3n) is 3.93. The average molecular weight is 358 g/mol. The summed E-state index contributed by atoms with van der Waals surface area (Å²) >= 11 is 6.20. The Labute approximate surface area is 148 Å². The van der Waals surface area contributed by atoms with Gasteiger partial charge in [0.1, 0.15) is 5.56 Å². The summed E-state index contributed by atoms with van der Waals surface area (Å²) in [6.07, 6.45) is 3.40. The van der Waals surface area contributed by atoms with Gasteiger partial charge in [-0.1, -0.05) is 29.8 Å². The minimum atomic E-state index is -0.719. The summed E-state index contributed by atoms with van der Waals surface area (Å²) in [4.78, 5) is 31.4. The maximum atomic E-state index is 12.5. The molecule has 2 heterocycles. The lowest BCUT2D eigenvalue weighted by Gasteiger charge is -2.19. The van der Waals surface area contributed by atoms with Crippen LogP contribution in [0.3, 0.4) is 0 Å². The van der Waals surface area contributed by atoms with Crippen LogP contribution in [0.4, 0.5) is 5.69 Å². The number of anilines is 1. The topological polar surface area (TPSA) is 84.1 Å². The maximum Gasteiger partial charge on any atom is 0.345 e. The number of H-pyrrole nitrogens is 1. The summed E-state index contributed by atoms with van der Waals surface area (Å²) in [7, 11) is 1.23. The van der Waals surface area contributed by atoms with E-state index in [9.17, 15) is 9.59 Å².